The van der Waals surface area contributed by atoms with E-state index in [0.717, 1.165) is 5.57 Å². The van der Waals surface area contributed by atoms with E-state index >= 15 is 0 Å². The molecule has 7 heteroatoms. The molecule has 0 aromatic heterocycles. The molecular formula is C13H15NO5S. The molecule has 0 amide bonds. The number of nitrogens with one attached hydrogen (secondary N) is 1. The third-order valence-electron chi connectivity index (χ3n) is 3.21. The molecule has 0 unspecified atom stereocenters. The highest BCUT2D eigenvalue weighted by molar-refractivity contribution is 7.81. The average molecular weight is 297 g/mol. The zero-order valence-corrected chi connectivity index (χ0v) is 12.1. The number of rotatable bonds is 3. The fourth-order valence-electron chi connectivity index (χ4n) is 2.04. The van der Waals surface area contributed by atoms with Crippen LogP contribution in [0.2, 0.25) is 0 Å². The van der Waals surface area contributed by atoms with Gasteiger partial charge in [-0.2, -0.15) is 8.42 Å². The van der Waals surface area contributed by atoms with Crippen LogP contribution < -0.4 is 4.18 Å². The molecule has 108 valence electrons. The van der Waals surface area contributed by atoms with Crippen LogP contribution in [-0.2, 0) is 15.1 Å². The van der Waals surface area contributed by atoms with E-state index in [1.165, 1.54) is 6.07 Å². The maximum Gasteiger partial charge on any atom is 0.446 e. The van der Waals surface area contributed by atoms with Gasteiger partial charge < -0.3 is 8.92 Å². The van der Waals surface area contributed by atoms with Gasteiger partial charge in [-0.1, -0.05) is 18.2 Å². The van der Waals surface area contributed by atoms with Gasteiger partial charge in [-0.15, -0.1) is 0 Å². The van der Waals surface area contributed by atoms with Crippen molar-refractivity contribution >= 4 is 21.9 Å². The van der Waals surface area contributed by atoms with E-state index in [2.05, 4.69) is 4.18 Å². The number of hydrogen-bond donors (Lipinski definition) is 2. The van der Waals surface area contributed by atoms with Crippen LogP contribution in [-0.4, -0.2) is 24.5 Å². The minimum atomic E-state index is -4.63. The second-order valence-electron chi connectivity index (χ2n) is 4.95. The Balaban J connectivity index is 2.60. The monoisotopic (exact) mass is 297 g/mol. The van der Waals surface area contributed by atoms with Gasteiger partial charge in [0, 0.05) is 11.1 Å². The molecule has 0 spiro atoms. The maximum absolute atomic E-state index is 10.9. The largest absolute Gasteiger partial charge is 0.467 e. The first-order chi connectivity index (χ1) is 9.12. The van der Waals surface area contributed by atoms with Crippen LogP contribution in [0.5, 0.6) is 5.75 Å². The van der Waals surface area contributed by atoms with Crippen LogP contribution in [0.15, 0.2) is 29.8 Å². The molecule has 1 aliphatic heterocycles. The lowest BCUT2D eigenvalue weighted by Gasteiger charge is -2.18. The standard InChI is InChI=1S/C13H15NO5S/c1-8-11(12(14)18-13(8,2)3)9-6-4-5-7-10(9)19-20(15,16)17/h4-7,14H,1-3H3,(H,15,16,17). The molecule has 2 rings (SSSR count). The minimum absolute atomic E-state index is 0.0459. The van der Waals surface area contributed by atoms with Crippen LogP contribution >= 0.6 is 0 Å². The molecule has 6 nitrogen and oxygen atoms in total. The summed E-state index contributed by atoms with van der Waals surface area (Å²) in [4.78, 5) is 0. The Morgan fingerprint density at radius 1 is 1.30 bits per heavy atom. The summed E-state index contributed by atoms with van der Waals surface area (Å²) in [6.07, 6.45) is 0. The van der Waals surface area contributed by atoms with E-state index in [-0.39, 0.29) is 11.6 Å². The molecule has 0 aliphatic carbocycles. The fraction of sp³-hybridized carbons (Fsp3) is 0.308. The zero-order valence-electron chi connectivity index (χ0n) is 11.3. The van der Waals surface area contributed by atoms with E-state index in [4.69, 9.17) is 14.7 Å². The topological polar surface area (TPSA) is 96.7 Å². The Bertz CT molecular complexity index is 703. The van der Waals surface area contributed by atoms with Crippen molar-refractivity contribution in [2.75, 3.05) is 0 Å². The van der Waals surface area contributed by atoms with E-state index in [1.54, 1.807) is 25.1 Å². The number of para-hydroxylation sites is 1. The molecule has 1 heterocycles. The quantitative estimate of drug-likeness (QED) is 0.835. The summed E-state index contributed by atoms with van der Waals surface area (Å²) in [6, 6.07) is 6.27. The molecule has 0 saturated heterocycles. The summed E-state index contributed by atoms with van der Waals surface area (Å²) in [5.74, 6) is -0.103. The van der Waals surface area contributed by atoms with E-state index < -0.39 is 16.0 Å². The van der Waals surface area contributed by atoms with Gasteiger partial charge in [0.15, 0.2) is 5.75 Å². The number of benzene rings is 1. The first-order valence-electron chi connectivity index (χ1n) is 5.87. The van der Waals surface area contributed by atoms with Crippen LogP contribution in [0.3, 0.4) is 0 Å². The molecule has 1 aromatic carbocycles. The molecule has 20 heavy (non-hydrogen) atoms. The zero-order chi connectivity index (χ0) is 15.1. The van der Waals surface area contributed by atoms with E-state index in [9.17, 15) is 8.42 Å². The second-order valence-corrected chi connectivity index (χ2v) is 5.97. The third kappa shape index (κ3) is 2.68. The Morgan fingerprint density at radius 2 is 1.90 bits per heavy atom. The van der Waals surface area contributed by atoms with Gasteiger partial charge in [-0.25, -0.2) is 0 Å². The molecule has 1 aliphatic rings. The molecule has 0 fully saturated rings. The van der Waals surface area contributed by atoms with Crippen molar-refractivity contribution in [3.05, 3.63) is 35.4 Å². The van der Waals surface area contributed by atoms with Crippen LogP contribution in [0.1, 0.15) is 26.3 Å². The Kier molecular flexibility index (Phi) is 3.35. The highest BCUT2D eigenvalue weighted by Crippen LogP contribution is 2.40. The van der Waals surface area contributed by atoms with Gasteiger partial charge >= 0.3 is 10.4 Å². The summed E-state index contributed by atoms with van der Waals surface area (Å²) >= 11 is 0. The second kappa shape index (κ2) is 4.60. The lowest BCUT2D eigenvalue weighted by atomic mass is 9.93. The Hall–Kier alpha value is -1.86. The van der Waals surface area contributed by atoms with Gasteiger partial charge in [0.2, 0.25) is 5.90 Å². The van der Waals surface area contributed by atoms with Gasteiger partial charge in [0.1, 0.15) is 5.60 Å². The van der Waals surface area contributed by atoms with Crippen molar-refractivity contribution in [3.63, 3.8) is 0 Å². The normalized spacial score (nSPS) is 18.1. The molecule has 0 saturated carbocycles. The summed E-state index contributed by atoms with van der Waals surface area (Å²) < 4.78 is 40.6. The van der Waals surface area contributed by atoms with Crippen molar-refractivity contribution in [2.45, 2.75) is 26.4 Å². The molecule has 2 N–H and O–H groups in total. The molecule has 0 radical (unpaired) electrons. The van der Waals surface area contributed by atoms with Crippen molar-refractivity contribution in [1.29, 1.82) is 5.41 Å². The maximum atomic E-state index is 10.9. The lowest BCUT2D eigenvalue weighted by molar-refractivity contribution is 0.149. The molecule has 1 aromatic rings. The molecular weight excluding hydrogens is 282 g/mol. The van der Waals surface area contributed by atoms with Gasteiger partial charge in [-0.3, -0.25) is 9.96 Å². The third-order valence-corrected chi connectivity index (χ3v) is 3.60. The van der Waals surface area contributed by atoms with E-state index in [0.29, 0.717) is 11.1 Å². The fourth-order valence-corrected chi connectivity index (χ4v) is 2.41. The predicted octanol–water partition coefficient (Wildman–Crippen LogP) is 2.43. The highest BCUT2D eigenvalue weighted by atomic mass is 32.3. The van der Waals surface area contributed by atoms with Crippen molar-refractivity contribution in [3.8, 4) is 5.75 Å². The van der Waals surface area contributed by atoms with Crippen LogP contribution in [0.25, 0.3) is 5.57 Å². The smallest absolute Gasteiger partial charge is 0.446 e. The number of hydrogen-bond acceptors (Lipinski definition) is 5. The SMILES string of the molecule is CC1=C(c2ccccc2OS(=O)(=O)O)C(=N)OC1(C)C. The first-order valence-corrected chi connectivity index (χ1v) is 7.24. The lowest BCUT2D eigenvalue weighted by Crippen LogP contribution is -2.21. The van der Waals surface area contributed by atoms with Crippen LogP contribution in [0.4, 0.5) is 0 Å². The molecule has 0 bridgehead atoms. The van der Waals surface area contributed by atoms with Gasteiger partial charge in [-0.05, 0) is 32.4 Å². The number of ether oxygens (including phenoxy) is 1. The predicted molar refractivity (Wildman–Crippen MR) is 74.1 cm³/mol. The summed E-state index contributed by atoms with van der Waals surface area (Å²) in [7, 11) is -4.63. The highest BCUT2D eigenvalue weighted by Gasteiger charge is 2.37. The average Bonchev–Trinajstić information content (AvgIpc) is 2.48. The van der Waals surface area contributed by atoms with Gasteiger partial charge in [0.05, 0.1) is 0 Å². The Labute approximate surface area is 117 Å². The summed E-state index contributed by atoms with van der Waals surface area (Å²) in [6.45, 7) is 5.44. The van der Waals surface area contributed by atoms with Crippen molar-refractivity contribution in [1.82, 2.24) is 0 Å². The van der Waals surface area contributed by atoms with E-state index in [1.807, 2.05) is 13.8 Å². The molecule has 0 atom stereocenters. The summed E-state index contributed by atoms with van der Waals surface area (Å²) in [5.41, 5.74) is 0.999. The first kappa shape index (κ1) is 14.5. The van der Waals surface area contributed by atoms with Crippen molar-refractivity contribution < 1.29 is 21.9 Å². The summed E-state index contributed by atoms with van der Waals surface area (Å²) in [5, 5.41) is 7.91. The minimum Gasteiger partial charge on any atom is -0.467 e. The van der Waals surface area contributed by atoms with Gasteiger partial charge in [0.25, 0.3) is 0 Å². The Morgan fingerprint density at radius 3 is 2.40 bits per heavy atom. The van der Waals surface area contributed by atoms with Crippen LogP contribution in [0, 0.1) is 5.41 Å². The van der Waals surface area contributed by atoms with Crippen molar-refractivity contribution in [2.24, 2.45) is 0 Å².